The highest BCUT2D eigenvalue weighted by Crippen LogP contribution is 2.53. The van der Waals surface area contributed by atoms with Crippen molar-refractivity contribution < 1.29 is 4.74 Å². The van der Waals surface area contributed by atoms with Crippen LogP contribution in [0.15, 0.2) is 121 Å². The van der Waals surface area contributed by atoms with Crippen LogP contribution in [0.2, 0.25) is 0 Å². The van der Waals surface area contributed by atoms with Crippen LogP contribution in [0.4, 0.5) is 5.69 Å². The third-order valence-electron chi connectivity index (χ3n) is 9.48. The molecule has 5 rings (SSSR count). The molecular weight excluding hydrogens is 589 g/mol. The Bertz CT molecular complexity index is 1680. The van der Waals surface area contributed by atoms with E-state index in [0.717, 1.165) is 31.7 Å². The van der Waals surface area contributed by atoms with Crippen LogP contribution in [0.25, 0.3) is 0 Å². The first-order valence-corrected chi connectivity index (χ1v) is 18.2. The summed E-state index contributed by atoms with van der Waals surface area (Å²) in [6.45, 7) is 18.5. The van der Waals surface area contributed by atoms with E-state index in [9.17, 15) is 0 Å². The van der Waals surface area contributed by atoms with E-state index in [4.69, 9.17) is 4.74 Å². The van der Waals surface area contributed by atoms with Gasteiger partial charge in [0.15, 0.2) is 0 Å². The molecule has 0 fully saturated rings. The maximum atomic E-state index is 6.83. The summed E-state index contributed by atoms with van der Waals surface area (Å²) < 4.78 is 6.83. The Morgan fingerprint density at radius 2 is 1.15 bits per heavy atom. The summed E-state index contributed by atoms with van der Waals surface area (Å²) in [6.07, 6.45) is 2.06. The lowest BCUT2D eigenvalue weighted by molar-refractivity contribution is 0.296. The largest absolute Gasteiger partial charge is 0.488 e. The number of ether oxygens (including phenoxy) is 1. The Labute approximate surface area is 286 Å². The molecule has 3 heteroatoms. The van der Waals surface area contributed by atoms with E-state index in [2.05, 4.69) is 175 Å². The van der Waals surface area contributed by atoms with Gasteiger partial charge in [0.25, 0.3) is 0 Å². The minimum Gasteiger partial charge on any atom is -0.488 e. The molecule has 1 unspecified atom stereocenters. The van der Waals surface area contributed by atoms with Gasteiger partial charge in [0, 0.05) is 29.5 Å². The van der Waals surface area contributed by atoms with Crippen molar-refractivity contribution in [3.8, 4) is 5.75 Å². The van der Waals surface area contributed by atoms with E-state index in [1.54, 1.807) is 0 Å². The standard InChI is InChI=1S/C44H52NOP/c1-8-44(9-2,39-29-38(43(5,6)7)28-34(4)41(39)46-32-37-25-17-12-18-26-37)47-42-33(3)20-19-27-40(42)45(30-35-21-13-10-14-22-35)31-36-23-15-11-16-24-36/h10-29,47H,8-9,30-32H2,1-7H3. The Morgan fingerprint density at radius 1 is 0.617 bits per heavy atom. The Morgan fingerprint density at radius 3 is 1.66 bits per heavy atom. The predicted octanol–water partition coefficient (Wildman–Crippen LogP) is 11.4. The molecule has 0 saturated carbocycles. The summed E-state index contributed by atoms with van der Waals surface area (Å²) in [7, 11) is 0.577. The molecule has 5 aromatic rings. The van der Waals surface area contributed by atoms with Crippen LogP contribution in [0.3, 0.4) is 0 Å². The minimum atomic E-state index is -0.0793. The van der Waals surface area contributed by atoms with Gasteiger partial charge in [0.1, 0.15) is 12.4 Å². The molecule has 0 heterocycles. The van der Waals surface area contributed by atoms with Crippen molar-refractivity contribution in [1.29, 1.82) is 0 Å². The SMILES string of the molecule is CCC(CC)(Pc1c(C)cccc1N(Cc1ccccc1)Cc1ccccc1)c1cc(C(C)(C)C)cc(C)c1OCc1ccccc1. The van der Waals surface area contributed by atoms with Crippen molar-refractivity contribution in [3.05, 3.63) is 160 Å². The van der Waals surface area contributed by atoms with Gasteiger partial charge in [0.2, 0.25) is 0 Å². The Hall–Kier alpha value is -3.87. The van der Waals surface area contributed by atoms with Crippen molar-refractivity contribution >= 4 is 19.6 Å². The number of rotatable bonds is 13. The second-order valence-corrected chi connectivity index (χ2v) is 15.6. The number of benzene rings is 5. The van der Waals surface area contributed by atoms with Gasteiger partial charge >= 0.3 is 0 Å². The number of hydrogen-bond acceptors (Lipinski definition) is 2. The summed E-state index contributed by atoms with van der Waals surface area (Å²) in [6, 6.07) is 44.1. The first-order chi connectivity index (χ1) is 22.6. The smallest absolute Gasteiger partial charge is 0.126 e. The maximum absolute atomic E-state index is 6.83. The van der Waals surface area contributed by atoms with E-state index in [0.29, 0.717) is 15.2 Å². The summed E-state index contributed by atoms with van der Waals surface area (Å²) in [4.78, 5) is 2.58. The van der Waals surface area contributed by atoms with Crippen molar-refractivity contribution in [2.75, 3.05) is 4.90 Å². The number of anilines is 1. The van der Waals surface area contributed by atoms with E-state index in [1.807, 2.05) is 0 Å². The lowest BCUT2D eigenvalue weighted by Gasteiger charge is -2.38. The summed E-state index contributed by atoms with van der Waals surface area (Å²) >= 11 is 0. The highest BCUT2D eigenvalue weighted by atomic mass is 31.1. The van der Waals surface area contributed by atoms with Crippen LogP contribution in [0, 0.1) is 13.8 Å². The van der Waals surface area contributed by atoms with Crippen molar-refractivity contribution in [3.63, 3.8) is 0 Å². The van der Waals surface area contributed by atoms with Gasteiger partial charge in [-0.05, 0) is 76.9 Å². The predicted molar refractivity (Wildman–Crippen MR) is 205 cm³/mol. The third-order valence-corrected chi connectivity index (χ3v) is 11.8. The molecule has 47 heavy (non-hydrogen) atoms. The van der Waals surface area contributed by atoms with Crippen LogP contribution in [-0.4, -0.2) is 0 Å². The van der Waals surface area contributed by atoms with Crippen LogP contribution < -0.4 is 14.9 Å². The van der Waals surface area contributed by atoms with Gasteiger partial charge < -0.3 is 9.64 Å². The van der Waals surface area contributed by atoms with E-state index >= 15 is 0 Å². The van der Waals surface area contributed by atoms with Crippen LogP contribution >= 0.6 is 8.58 Å². The zero-order valence-corrected chi connectivity index (χ0v) is 30.4. The van der Waals surface area contributed by atoms with Gasteiger partial charge in [-0.1, -0.05) is 158 Å². The van der Waals surface area contributed by atoms with Crippen molar-refractivity contribution in [2.45, 2.75) is 91.6 Å². The highest BCUT2D eigenvalue weighted by Gasteiger charge is 2.36. The zero-order chi connectivity index (χ0) is 33.4. The van der Waals surface area contributed by atoms with Gasteiger partial charge in [-0.15, -0.1) is 0 Å². The lowest BCUT2D eigenvalue weighted by atomic mass is 9.81. The fourth-order valence-electron chi connectivity index (χ4n) is 6.51. The molecule has 5 aromatic carbocycles. The molecule has 0 saturated heterocycles. The van der Waals surface area contributed by atoms with Crippen molar-refractivity contribution in [2.24, 2.45) is 0 Å². The second-order valence-electron chi connectivity index (χ2n) is 13.9. The fourth-order valence-corrected chi connectivity index (χ4v) is 8.31. The van der Waals surface area contributed by atoms with Crippen LogP contribution in [0.1, 0.15) is 86.4 Å². The van der Waals surface area contributed by atoms with Crippen molar-refractivity contribution in [1.82, 2.24) is 0 Å². The molecule has 244 valence electrons. The minimum absolute atomic E-state index is 0.0315. The Kier molecular flexibility index (Phi) is 11.3. The topological polar surface area (TPSA) is 12.5 Å². The molecule has 0 radical (unpaired) electrons. The molecule has 0 aliphatic heterocycles. The Balaban J connectivity index is 1.63. The molecule has 0 aliphatic rings. The molecular formula is C44H52NOP. The van der Waals surface area contributed by atoms with Crippen LogP contribution in [-0.2, 0) is 30.3 Å². The van der Waals surface area contributed by atoms with Gasteiger partial charge in [-0.3, -0.25) is 0 Å². The molecule has 0 aromatic heterocycles. The average Bonchev–Trinajstić information content (AvgIpc) is 3.08. The van der Waals surface area contributed by atoms with E-state index in [-0.39, 0.29) is 10.6 Å². The van der Waals surface area contributed by atoms with Crippen LogP contribution in [0.5, 0.6) is 5.75 Å². The average molecular weight is 642 g/mol. The number of hydrogen-bond donors (Lipinski definition) is 0. The van der Waals surface area contributed by atoms with E-state index < -0.39 is 0 Å². The zero-order valence-electron chi connectivity index (χ0n) is 29.4. The molecule has 2 nitrogen and oxygen atoms in total. The molecule has 0 spiro atoms. The maximum Gasteiger partial charge on any atom is 0.126 e. The molecule has 0 bridgehead atoms. The first kappa shape index (κ1) is 34.5. The van der Waals surface area contributed by atoms with E-state index in [1.165, 1.54) is 49.9 Å². The quantitative estimate of drug-likeness (QED) is 0.119. The lowest BCUT2D eigenvalue weighted by Crippen LogP contribution is -2.30. The number of nitrogens with zero attached hydrogens (tertiary/aromatic N) is 1. The third kappa shape index (κ3) is 8.35. The van der Waals surface area contributed by atoms with Gasteiger partial charge in [-0.2, -0.15) is 0 Å². The first-order valence-electron chi connectivity index (χ1n) is 17.2. The molecule has 1 atom stereocenters. The number of aryl methyl sites for hydroxylation is 2. The highest BCUT2D eigenvalue weighted by molar-refractivity contribution is 7.49. The van der Waals surface area contributed by atoms with Gasteiger partial charge in [-0.25, -0.2) is 0 Å². The molecule has 0 aliphatic carbocycles. The normalized spacial score (nSPS) is 12.1. The monoisotopic (exact) mass is 641 g/mol. The summed E-state index contributed by atoms with van der Waals surface area (Å²) in [5.41, 5.74) is 10.5. The summed E-state index contributed by atoms with van der Waals surface area (Å²) in [5, 5.41) is 1.38. The molecule has 0 amide bonds. The molecule has 0 N–H and O–H groups in total. The summed E-state index contributed by atoms with van der Waals surface area (Å²) in [5.74, 6) is 1.05. The second kappa shape index (κ2) is 15.4. The van der Waals surface area contributed by atoms with Gasteiger partial charge in [0.05, 0.1) is 0 Å². The fraction of sp³-hybridized carbons (Fsp3) is 0.318.